The number of guanidine groups is 1. The Morgan fingerprint density at radius 1 is 1.04 bits per heavy atom. The summed E-state index contributed by atoms with van der Waals surface area (Å²) >= 11 is 0. The molecule has 0 aliphatic rings. The number of hydrogen-bond donors (Lipinski definition) is 2. The van der Waals surface area contributed by atoms with Gasteiger partial charge in [0.05, 0.1) is 13.7 Å². The number of ether oxygens (including phenoxy) is 2. The Kier molecular flexibility index (Phi) is 9.76. The molecule has 136 valence electrons. The Labute approximate surface area is 166 Å². The number of methoxy groups -OCH3 is 1. The van der Waals surface area contributed by atoms with E-state index in [0.717, 1.165) is 23.0 Å². The maximum Gasteiger partial charge on any atom is 0.191 e. The molecule has 2 aromatic carbocycles. The van der Waals surface area contributed by atoms with Gasteiger partial charge in [0, 0.05) is 19.2 Å². The van der Waals surface area contributed by atoms with Crippen LogP contribution in [0, 0.1) is 0 Å². The Morgan fingerprint density at radius 2 is 1.72 bits per heavy atom. The second-order valence-corrected chi connectivity index (χ2v) is 5.36. The van der Waals surface area contributed by atoms with Crippen LogP contribution in [0.25, 0.3) is 0 Å². The second-order valence-electron chi connectivity index (χ2n) is 5.36. The van der Waals surface area contributed by atoms with Crippen LogP contribution in [-0.4, -0.2) is 32.8 Å². The zero-order valence-corrected chi connectivity index (χ0v) is 17.2. The molecule has 1 unspecified atom stereocenters. The fourth-order valence-electron chi connectivity index (χ4n) is 2.26. The Balaban J connectivity index is 0.00000312. The third-order valence-electron chi connectivity index (χ3n) is 3.50. The van der Waals surface area contributed by atoms with Crippen molar-refractivity contribution in [3.05, 3.63) is 60.2 Å². The molecule has 0 aliphatic carbocycles. The highest BCUT2D eigenvalue weighted by molar-refractivity contribution is 14.0. The molecular formula is C19H26IN3O2. The van der Waals surface area contributed by atoms with Gasteiger partial charge in [-0.15, -0.1) is 24.0 Å². The molecule has 0 spiro atoms. The van der Waals surface area contributed by atoms with Gasteiger partial charge in [0.15, 0.2) is 5.96 Å². The molecule has 0 aromatic heterocycles. The minimum Gasteiger partial charge on any atom is -0.496 e. The molecule has 2 rings (SSSR count). The lowest BCUT2D eigenvalue weighted by molar-refractivity contribution is 0.224. The van der Waals surface area contributed by atoms with Gasteiger partial charge in [0.1, 0.15) is 17.6 Å². The van der Waals surface area contributed by atoms with Crippen molar-refractivity contribution in [2.75, 3.05) is 20.7 Å². The number of nitrogens with one attached hydrogen (secondary N) is 2. The van der Waals surface area contributed by atoms with Gasteiger partial charge in [-0.3, -0.25) is 4.99 Å². The first-order valence-electron chi connectivity index (χ1n) is 8.01. The third-order valence-corrected chi connectivity index (χ3v) is 3.50. The standard InChI is InChI=1S/C19H25N3O2.HI/c1-15(24-17-10-5-4-6-11-17)13-21-19(20-2)22-14-16-9-7-8-12-18(16)23-3;/h4-12,15H,13-14H2,1-3H3,(H2,20,21,22);1H. The number of hydrogen-bond acceptors (Lipinski definition) is 3. The summed E-state index contributed by atoms with van der Waals surface area (Å²) in [5, 5.41) is 6.55. The maximum atomic E-state index is 5.84. The van der Waals surface area contributed by atoms with Crippen LogP contribution in [0.2, 0.25) is 0 Å². The molecule has 0 fully saturated rings. The first kappa shape index (κ1) is 21.1. The van der Waals surface area contributed by atoms with Gasteiger partial charge < -0.3 is 20.1 Å². The predicted molar refractivity (Wildman–Crippen MR) is 113 cm³/mol. The number of nitrogens with zero attached hydrogens (tertiary/aromatic N) is 1. The SMILES string of the molecule is CN=C(NCc1ccccc1OC)NCC(C)Oc1ccccc1.I. The van der Waals surface area contributed by atoms with Crippen molar-refractivity contribution >= 4 is 29.9 Å². The molecule has 6 heteroatoms. The fourth-order valence-corrected chi connectivity index (χ4v) is 2.26. The van der Waals surface area contributed by atoms with E-state index in [1.165, 1.54) is 0 Å². The first-order chi connectivity index (χ1) is 11.7. The van der Waals surface area contributed by atoms with E-state index >= 15 is 0 Å². The first-order valence-corrected chi connectivity index (χ1v) is 8.01. The number of para-hydroxylation sites is 2. The van der Waals surface area contributed by atoms with Crippen molar-refractivity contribution < 1.29 is 9.47 Å². The summed E-state index contributed by atoms with van der Waals surface area (Å²) in [5.74, 6) is 2.45. The summed E-state index contributed by atoms with van der Waals surface area (Å²) in [6.45, 7) is 3.31. The average Bonchev–Trinajstić information content (AvgIpc) is 2.63. The van der Waals surface area contributed by atoms with Crippen LogP contribution in [0.4, 0.5) is 0 Å². The van der Waals surface area contributed by atoms with Crippen molar-refractivity contribution in [3.63, 3.8) is 0 Å². The Hall–Kier alpha value is -1.96. The highest BCUT2D eigenvalue weighted by Gasteiger charge is 2.07. The lowest BCUT2D eigenvalue weighted by Crippen LogP contribution is -2.41. The van der Waals surface area contributed by atoms with Crippen LogP contribution in [0.5, 0.6) is 11.5 Å². The van der Waals surface area contributed by atoms with E-state index in [-0.39, 0.29) is 30.1 Å². The molecule has 0 aliphatic heterocycles. The molecule has 1 atom stereocenters. The van der Waals surface area contributed by atoms with E-state index in [4.69, 9.17) is 9.47 Å². The second kappa shape index (κ2) is 11.6. The van der Waals surface area contributed by atoms with Crippen molar-refractivity contribution in [1.29, 1.82) is 0 Å². The number of rotatable bonds is 7. The average molecular weight is 455 g/mol. The van der Waals surface area contributed by atoms with Crippen LogP contribution in [0.3, 0.4) is 0 Å². The lowest BCUT2D eigenvalue weighted by atomic mass is 10.2. The topological polar surface area (TPSA) is 54.9 Å². The van der Waals surface area contributed by atoms with Crippen molar-refractivity contribution in [1.82, 2.24) is 10.6 Å². The van der Waals surface area contributed by atoms with Gasteiger partial charge in [-0.25, -0.2) is 0 Å². The van der Waals surface area contributed by atoms with E-state index in [9.17, 15) is 0 Å². The largest absolute Gasteiger partial charge is 0.496 e. The van der Waals surface area contributed by atoms with Crippen LogP contribution in [0.1, 0.15) is 12.5 Å². The monoisotopic (exact) mass is 455 g/mol. The molecule has 2 N–H and O–H groups in total. The minimum atomic E-state index is 0. The van der Waals surface area contributed by atoms with Gasteiger partial charge in [-0.05, 0) is 25.1 Å². The smallest absolute Gasteiger partial charge is 0.191 e. The molecule has 0 radical (unpaired) electrons. The van der Waals surface area contributed by atoms with Crippen LogP contribution >= 0.6 is 24.0 Å². The molecule has 0 saturated heterocycles. The fraction of sp³-hybridized carbons (Fsp3) is 0.316. The van der Waals surface area contributed by atoms with Gasteiger partial charge in [-0.1, -0.05) is 36.4 Å². The van der Waals surface area contributed by atoms with Crippen LogP contribution in [0.15, 0.2) is 59.6 Å². The van der Waals surface area contributed by atoms with E-state index in [1.54, 1.807) is 14.2 Å². The van der Waals surface area contributed by atoms with Crippen molar-refractivity contribution in [2.24, 2.45) is 4.99 Å². The lowest BCUT2D eigenvalue weighted by Gasteiger charge is -2.18. The Morgan fingerprint density at radius 3 is 2.40 bits per heavy atom. The van der Waals surface area contributed by atoms with Gasteiger partial charge in [0.2, 0.25) is 0 Å². The normalized spacial score (nSPS) is 11.9. The molecule has 0 saturated carbocycles. The molecule has 2 aromatic rings. The summed E-state index contributed by atoms with van der Waals surface area (Å²) in [7, 11) is 3.43. The summed E-state index contributed by atoms with van der Waals surface area (Å²) < 4.78 is 11.2. The number of halogens is 1. The number of aliphatic imine (C=N–C) groups is 1. The summed E-state index contributed by atoms with van der Waals surface area (Å²) in [5.41, 5.74) is 1.08. The highest BCUT2D eigenvalue weighted by atomic mass is 127. The highest BCUT2D eigenvalue weighted by Crippen LogP contribution is 2.16. The number of benzene rings is 2. The minimum absolute atomic E-state index is 0. The molecule has 0 amide bonds. The van der Waals surface area contributed by atoms with E-state index in [0.29, 0.717) is 13.1 Å². The Bertz CT molecular complexity index is 650. The van der Waals surface area contributed by atoms with E-state index < -0.39 is 0 Å². The maximum absolute atomic E-state index is 5.84. The van der Waals surface area contributed by atoms with Gasteiger partial charge in [0.25, 0.3) is 0 Å². The van der Waals surface area contributed by atoms with Gasteiger partial charge in [-0.2, -0.15) is 0 Å². The molecule has 0 heterocycles. The molecule has 0 bridgehead atoms. The van der Waals surface area contributed by atoms with Crippen molar-refractivity contribution in [2.45, 2.75) is 19.6 Å². The zero-order valence-electron chi connectivity index (χ0n) is 14.9. The quantitative estimate of drug-likeness (QED) is 0.382. The van der Waals surface area contributed by atoms with Gasteiger partial charge >= 0.3 is 0 Å². The predicted octanol–water partition coefficient (Wildman–Crippen LogP) is 3.45. The van der Waals surface area contributed by atoms with Crippen LogP contribution in [-0.2, 0) is 6.54 Å². The zero-order chi connectivity index (χ0) is 17.2. The summed E-state index contributed by atoms with van der Waals surface area (Å²) in [4.78, 5) is 4.24. The molecule has 5 nitrogen and oxygen atoms in total. The third kappa shape index (κ3) is 7.21. The van der Waals surface area contributed by atoms with Crippen molar-refractivity contribution in [3.8, 4) is 11.5 Å². The molecule has 25 heavy (non-hydrogen) atoms. The summed E-state index contributed by atoms with van der Waals surface area (Å²) in [6, 6.07) is 17.7. The van der Waals surface area contributed by atoms with E-state index in [1.807, 2.05) is 61.5 Å². The van der Waals surface area contributed by atoms with Crippen LogP contribution < -0.4 is 20.1 Å². The molecular weight excluding hydrogens is 429 g/mol. The van der Waals surface area contributed by atoms with E-state index in [2.05, 4.69) is 15.6 Å². The summed E-state index contributed by atoms with van der Waals surface area (Å²) in [6.07, 6.45) is 0.0252.